The summed E-state index contributed by atoms with van der Waals surface area (Å²) in [5, 5.41) is 11.8. The molecule has 0 spiro atoms. The normalized spacial score (nSPS) is 11.7. The lowest BCUT2D eigenvalue weighted by Crippen LogP contribution is -2.26. The van der Waals surface area contributed by atoms with E-state index in [1.54, 1.807) is 25.1 Å². The van der Waals surface area contributed by atoms with Crippen molar-refractivity contribution >= 4 is 21.7 Å². The van der Waals surface area contributed by atoms with Crippen LogP contribution in [0.4, 0.5) is 5.69 Å². The van der Waals surface area contributed by atoms with Crippen molar-refractivity contribution in [2.24, 2.45) is 0 Å². The van der Waals surface area contributed by atoms with Gasteiger partial charge in [0.2, 0.25) is 10.0 Å². The molecular formula is C20H21N3O4S. The van der Waals surface area contributed by atoms with Gasteiger partial charge in [-0.1, -0.05) is 30.3 Å². The van der Waals surface area contributed by atoms with E-state index in [1.165, 1.54) is 29.7 Å². The maximum atomic E-state index is 12.7. The van der Waals surface area contributed by atoms with Crippen molar-refractivity contribution < 1.29 is 17.9 Å². The second kappa shape index (κ2) is 9.69. The number of rotatable bonds is 8. The molecule has 0 saturated heterocycles. The first kappa shape index (κ1) is 21.2. The van der Waals surface area contributed by atoms with Gasteiger partial charge in [-0.3, -0.25) is 0 Å². The fraction of sp³-hybridized carbons (Fsp3) is 0.200. The van der Waals surface area contributed by atoms with Gasteiger partial charge in [-0.05, 0) is 36.8 Å². The zero-order valence-corrected chi connectivity index (χ0v) is 16.4. The monoisotopic (exact) mass is 399 g/mol. The van der Waals surface area contributed by atoms with E-state index < -0.39 is 16.0 Å². The lowest BCUT2D eigenvalue weighted by atomic mass is 10.2. The summed E-state index contributed by atoms with van der Waals surface area (Å²) in [6, 6.07) is 17.1. The van der Waals surface area contributed by atoms with Gasteiger partial charge in [0.1, 0.15) is 6.07 Å². The largest absolute Gasteiger partial charge is 0.462 e. The number of hydrogen-bond acceptors (Lipinski definition) is 6. The Balaban J connectivity index is 2.10. The molecule has 0 radical (unpaired) electrons. The van der Waals surface area contributed by atoms with Crippen LogP contribution in [0, 0.1) is 11.3 Å². The summed E-state index contributed by atoms with van der Waals surface area (Å²) < 4.78 is 31.5. The summed E-state index contributed by atoms with van der Waals surface area (Å²) in [6.45, 7) is 2.08. The standard InChI is InChI=1S/C20H21N3O4S/c1-3-27-20(24)17(13-21)14-22-18-9-11-19(12-10-18)28(25,26)23(2)15-16-7-5-4-6-8-16/h4-12,14,22H,3,15H2,1-2H3/b17-14-. The predicted molar refractivity (Wildman–Crippen MR) is 105 cm³/mol. The lowest BCUT2D eigenvalue weighted by molar-refractivity contribution is -0.138. The molecule has 0 bridgehead atoms. The van der Waals surface area contributed by atoms with Crippen LogP contribution in [0.5, 0.6) is 0 Å². The molecule has 0 unspecified atom stereocenters. The molecule has 7 nitrogen and oxygen atoms in total. The number of carbonyl (C=O) groups excluding carboxylic acids is 1. The molecule has 0 fully saturated rings. The zero-order valence-electron chi connectivity index (χ0n) is 15.6. The Labute approximate surface area is 164 Å². The number of esters is 1. The second-order valence-electron chi connectivity index (χ2n) is 5.81. The highest BCUT2D eigenvalue weighted by Crippen LogP contribution is 2.19. The third-order valence-corrected chi connectivity index (χ3v) is 5.63. The van der Waals surface area contributed by atoms with Crippen LogP contribution in [0.3, 0.4) is 0 Å². The SMILES string of the molecule is CCOC(=O)/C(C#N)=C\Nc1ccc(S(=O)(=O)N(C)Cc2ccccc2)cc1. The van der Waals surface area contributed by atoms with Gasteiger partial charge in [-0.15, -0.1) is 0 Å². The van der Waals surface area contributed by atoms with Crippen molar-refractivity contribution in [3.8, 4) is 6.07 Å². The molecule has 0 aliphatic heterocycles. The molecule has 2 rings (SSSR count). The minimum atomic E-state index is -3.65. The number of hydrogen-bond donors (Lipinski definition) is 1. The van der Waals surface area contributed by atoms with Crippen LogP contribution in [0.25, 0.3) is 0 Å². The molecule has 0 amide bonds. The number of benzene rings is 2. The van der Waals surface area contributed by atoms with Gasteiger partial charge < -0.3 is 10.1 Å². The van der Waals surface area contributed by atoms with E-state index in [0.29, 0.717) is 5.69 Å². The Morgan fingerprint density at radius 2 is 1.82 bits per heavy atom. The fourth-order valence-corrected chi connectivity index (χ4v) is 3.49. The Hall–Kier alpha value is -3.15. The molecule has 0 atom stereocenters. The molecular weight excluding hydrogens is 378 g/mol. The van der Waals surface area contributed by atoms with Crippen LogP contribution in [0.15, 0.2) is 71.3 Å². The molecule has 0 aromatic heterocycles. The Kier molecular flexibility index (Phi) is 7.32. The summed E-state index contributed by atoms with van der Waals surface area (Å²) in [6.07, 6.45) is 1.23. The van der Waals surface area contributed by atoms with E-state index in [-0.39, 0.29) is 23.6 Å². The van der Waals surface area contributed by atoms with Crippen LogP contribution in [-0.4, -0.2) is 32.3 Å². The van der Waals surface area contributed by atoms with Crippen molar-refractivity contribution in [3.05, 3.63) is 71.9 Å². The Morgan fingerprint density at radius 1 is 1.18 bits per heavy atom. The van der Waals surface area contributed by atoms with Gasteiger partial charge in [0.05, 0.1) is 11.5 Å². The molecule has 8 heteroatoms. The molecule has 0 aliphatic rings. The van der Waals surface area contributed by atoms with Gasteiger partial charge in [-0.2, -0.15) is 9.57 Å². The van der Waals surface area contributed by atoms with E-state index >= 15 is 0 Å². The van der Waals surface area contributed by atoms with Crippen LogP contribution in [-0.2, 0) is 26.1 Å². The van der Waals surface area contributed by atoms with Crippen LogP contribution in [0.1, 0.15) is 12.5 Å². The van der Waals surface area contributed by atoms with Crippen molar-refractivity contribution in [1.82, 2.24) is 4.31 Å². The Bertz CT molecular complexity index is 978. The van der Waals surface area contributed by atoms with Crippen molar-refractivity contribution in [2.45, 2.75) is 18.4 Å². The van der Waals surface area contributed by atoms with E-state index in [1.807, 2.05) is 30.3 Å². The van der Waals surface area contributed by atoms with Gasteiger partial charge in [0.15, 0.2) is 5.57 Å². The van der Waals surface area contributed by atoms with Crippen LogP contribution >= 0.6 is 0 Å². The molecule has 0 heterocycles. The molecule has 28 heavy (non-hydrogen) atoms. The van der Waals surface area contributed by atoms with E-state index in [2.05, 4.69) is 5.32 Å². The number of nitriles is 1. The van der Waals surface area contributed by atoms with Gasteiger partial charge in [0.25, 0.3) is 0 Å². The third kappa shape index (κ3) is 5.42. The molecule has 0 aliphatic carbocycles. The van der Waals surface area contributed by atoms with E-state index in [9.17, 15) is 13.2 Å². The maximum absolute atomic E-state index is 12.7. The van der Waals surface area contributed by atoms with Crippen molar-refractivity contribution in [2.75, 3.05) is 19.0 Å². The molecule has 0 saturated carbocycles. The van der Waals surface area contributed by atoms with E-state index in [4.69, 9.17) is 10.00 Å². The quantitative estimate of drug-likeness (QED) is 0.416. The van der Waals surface area contributed by atoms with Crippen LogP contribution in [0.2, 0.25) is 0 Å². The molecule has 2 aromatic carbocycles. The first-order valence-corrected chi connectivity index (χ1v) is 9.96. The number of nitrogens with one attached hydrogen (secondary N) is 1. The van der Waals surface area contributed by atoms with Gasteiger partial charge >= 0.3 is 5.97 Å². The van der Waals surface area contributed by atoms with Crippen molar-refractivity contribution in [1.29, 1.82) is 5.26 Å². The second-order valence-corrected chi connectivity index (χ2v) is 7.85. The number of sulfonamides is 1. The minimum Gasteiger partial charge on any atom is -0.462 e. The first-order valence-electron chi connectivity index (χ1n) is 8.52. The fourth-order valence-electron chi connectivity index (χ4n) is 2.33. The smallest absolute Gasteiger partial charge is 0.350 e. The Morgan fingerprint density at radius 3 is 2.39 bits per heavy atom. The summed E-state index contributed by atoms with van der Waals surface area (Å²) in [4.78, 5) is 11.7. The zero-order chi connectivity index (χ0) is 20.6. The minimum absolute atomic E-state index is 0.145. The molecule has 146 valence electrons. The van der Waals surface area contributed by atoms with Gasteiger partial charge in [0, 0.05) is 25.5 Å². The van der Waals surface area contributed by atoms with Gasteiger partial charge in [-0.25, -0.2) is 13.2 Å². The number of nitrogens with zero attached hydrogens (tertiary/aromatic N) is 2. The lowest BCUT2D eigenvalue weighted by Gasteiger charge is -2.17. The van der Waals surface area contributed by atoms with Crippen molar-refractivity contribution in [3.63, 3.8) is 0 Å². The predicted octanol–water partition coefficient (Wildman–Crippen LogP) is 2.89. The highest BCUT2D eigenvalue weighted by Gasteiger charge is 2.20. The maximum Gasteiger partial charge on any atom is 0.350 e. The van der Waals surface area contributed by atoms with E-state index in [0.717, 1.165) is 5.56 Å². The number of carbonyl (C=O) groups is 1. The topological polar surface area (TPSA) is 99.5 Å². The average Bonchev–Trinajstić information content (AvgIpc) is 2.70. The summed E-state index contributed by atoms with van der Waals surface area (Å²) in [7, 11) is -2.12. The number of anilines is 1. The molecule has 1 N–H and O–H groups in total. The summed E-state index contributed by atoms with van der Waals surface area (Å²) in [5.41, 5.74) is 1.24. The third-order valence-electron chi connectivity index (χ3n) is 3.81. The average molecular weight is 399 g/mol. The number of ether oxygens (including phenoxy) is 1. The molecule has 2 aromatic rings. The first-order chi connectivity index (χ1) is 13.4. The highest BCUT2D eigenvalue weighted by molar-refractivity contribution is 7.89. The van der Waals surface area contributed by atoms with Crippen LogP contribution < -0.4 is 5.32 Å². The summed E-state index contributed by atoms with van der Waals surface area (Å²) in [5.74, 6) is -0.723. The highest BCUT2D eigenvalue weighted by atomic mass is 32.2. The summed E-state index contributed by atoms with van der Waals surface area (Å²) >= 11 is 0.